The average Bonchev–Trinajstić information content (AvgIpc) is 3.46. The molecule has 2 aliphatic rings. The molecule has 3 aromatic rings. The molecule has 34 heavy (non-hydrogen) atoms. The monoisotopic (exact) mass is 482 g/mol. The Balaban J connectivity index is 1.52. The molecular formula is C25H30N4O4S. The Morgan fingerprint density at radius 1 is 0.971 bits per heavy atom. The van der Waals surface area contributed by atoms with Gasteiger partial charge < -0.3 is 4.90 Å². The lowest BCUT2D eigenvalue weighted by Gasteiger charge is -2.29. The van der Waals surface area contributed by atoms with Gasteiger partial charge in [0.15, 0.2) is 0 Å². The normalized spacial score (nSPS) is 17.0. The minimum atomic E-state index is -3.64. The molecule has 0 bridgehead atoms. The van der Waals surface area contributed by atoms with Gasteiger partial charge in [-0.15, -0.1) is 0 Å². The first-order valence-electron chi connectivity index (χ1n) is 11.9. The number of benzene rings is 2. The zero-order valence-corrected chi connectivity index (χ0v) is 20.4. The summed E-state index contributed by atoms with van der Waals surface area (Å²) in [5, 5.41) is 0. The fourth-order valence-corrected chi connectivity index (χ4v) is 6.63. The fraction of sp³-hybridized carbons (Fsp3) is 0.440. The van der Waals surface area contributed by atoms with E-state index >= 15 is 0 Å². The minimum Gasteiger partial charge on any atom is -0.336 e. The number of carbonyl (C=O) groups excluding carboxylic acids is 1. The number of imidazole rings is 1. The van der Waals surface area contributed by atoms with Gasteiger partial charge in [-0.1, -0.05) is 24.3 Å². The Morgan fingerprint density at radius 3 is 2.38 bits per heavy atom. The molecule has 0 spiro atoms. The van der Waals surface area contributed by atoms with Gasteiger partial charge in [0.2, 0.25) is 15.9 Å². The summed E-state index contributed by atoms with van der Waals surface area (Å²) in [7, 11) is -3.64. The third kappa shape index (κ3) is 3.86. The Kier molecular flexibility index (Phi) is 5.85. The minimum absolute atomic E-state index is 0.121. The molecule has 0 radical (unpaired) electrons. The molecule has 0 N–H and O–H groups in total. The topological polar surface area (TPSA) is 84.6 Å². The maximum Gasteiger partial charge on any atom is 0.329 e. The van der Waals surface area contributed by atoms with E-state index in [1.54, 1.807) is 27.7 Å². The number of carbonyl (C=O) groups is 1. The van der Waals surface area contributed by atoms with E-state index in [9.17, 15) is 18.0 Å². The van der Waals surface area contributed by atoms with Crippen LogP contribution >= 0.6 is 0 Å². The molecule has 2 aliphatic heterocycles. The smallest absolute Gasteiger partial charge is 0.329 e. The van der Waals surface area contributed by atoms with Crippen LogP contribution in [-0.2, 0) is 34.3 Å². The van der Waals surface area contributed by atoms with Crippen LogP contribution in [0.4, 0.5) is 0 Å². The van der Waals surface area contributed by atoms with E-state index in [4.69, 9.17) is 0 Å². The Hall–Kier alpha value is -2.91. The predicted molar refractivity (Wildman–Crippen MR) is 130 cm³/mol. The molecule has 3 heterocycles. The van der Waals surface area contributed by atoms with Crippen molar-refractivity contribution in [1.82, 2.24) is 18.3 Å². The van der Waals surface area contributed by atoms with Gasteiger partial charge in [-0.2, -0.15) is 4.31 Å². The number of rotatable bonds is 5. The number of nitrogens with zero attached hydrogens (tertiary/aromatic N) is 4. The molecule has 8 nitrogen and oxygen atoms in total. The average molecular weight is 483 g/mol. The van der Waals surface area contributed by atoms with Gasteiger partial charge in [0.1, 0.15) is 6.54 Å². The van der Waals surface area contributed by atoms with Crippen molar-refractivity contribution >= 4 is 27.0 Å². The quantitative estimate of drug-likeness (QED) is 0.560. The molecule has 1 aromatic heterocycles. The zero-order chi connectivity index (χ0) is 24.0. The largest absolute Gasteiger partial charge is 0.336 e. The van der Waals surface area contributed by atoms with Crippen molar-refractivity contribution in [2.75, 3.05) is 19.6 Å². The highest BCUT2D eigenvalue weighted by Gasteiger charge is 2.29. The first-order chi connectivity index (χ1) is 16.3. The van der Waals surface area contributed by atoms with Gasteiger partial charge >= 0.3 is 5.69 Å². The summed E-state index contributed by atoms with van der Waals surface area (Å²) in [6.45, 7) is 5.82. The Bertz CT molecular complexity index is 1410. The maximum atomic E-state index is 13.4. The van der Waals surface area contributed by atoms with Crippen LogP contribution in [0.25, 0.3) is 11.0 Å². The van der Waals surface area contributed by atoms with Gasteiger partial charge in [0.25, 0.3) is 0 Å². The summed E-state index contributed by atoms with van der Waals surface area (Å²) in [6, 6.07) is 12.8. The molecule has 5 rings (SSSR count). The second kappa shape index (κ2) is 8.70. The molecule has 2 aromatic carbocycles. The summed E-state index contributed by atoms with van der Waals surface area (Å²) in [4.78, 5) is 28.6. The van der Waals surface area contributed by atoms with Crippen LogP contribution in [0, 0.1) is 0 Å². The maximum absolute atomic E-state index is 13.4. The summed E-state index contributed by atoms with van der Waals surface area (Å²) in [5.41, 5.74) is 3.18. The first-order valence-corrected chi connectivity index (χ1v) is 13.3. The van der Waals surface area contributed by atoms with Crippen molar-refractivity contribution in [3.8, 4) is 0 Å². The van der Waals surface area contributed by atoms with E-state index in [1.807, 2.05) is 32.0 Å². The highest BCUT2D eigenvalue weighted by molar-refractivity contribution is 7.89. The highest BCUT2D eigenvalue weighted by Crippen LogP contribution is 2.26. The molecule has 9 heteroatoms. The predicted octanol–water partition coefficient (Wildman–Crippen LogP) is 2.75. The van der Waals surface area contributed by atoms with Crippen LogP contribution in [0.2, 0.25) is 0 Å². The summed E-state index contributed by atoms with van der Waals surface area (Å²) in [6.07, 6.45) is 2.48. The van der Waals surface area contributed by atoms with Crippen molar-refractivity contribution in [3.63, 3.8) is 0 Å². The number of sulfonamides is 1. The number of amides is 1. The van der Waals surface area contributed by atoms with E-state index in [1.165, 1.54) is 14.4 Å². The van der Waals surface area contributed by atoms with Crippen LogP contribution < -0.4 is 5.69 Å². The number of hydrogen-bond donors (Lipinski definition) is 0. The number of aromatic nitrogens is 2. The van der Waals surface area contributed by atoms with E-state index < -0.39 is 10.0 Å². The Labute approximate surface area is 199 Å². The van der Waals surface area contributed by atoms with Gasteiger partial charge in [-0.25, -0.2) is 13.2 Å². The van der Waals surface area contributed by atoms with Crippen LogP contribution in [-0.4, -0.2) is 52.3 Å². The van der Waals surface area contributed by atoms with Crippen LogP contribution in [0.5, 0.6) is 0 Å². The highest BCUT2D eigenvalue weighted by atomic mass is 32.2. The van der Waals surface area contributed by atoms with Crippen LogP contribution in [0.3, 0.4) is 0 Å². The molecule has 1 fully saturated rings. The molecule has 180 valence electrons. The second-order valence-electron chi connectivity index (χ2n) is 9.43. The van der Waals surface area contributed by atoms with Gasteiger partial charge in [0.05, 0.1) is 15.9 Å². The van der Waals surface area contributed by atoms with Crippen molar-refractivity contribution in [3.05, 3.63) is 64.1 Å². The zero-order valence-electron chi connectivity index (χ0n) is 19.6. The van der Waals surface area contributed by atoms with E-state index in [2.05, 4.69) is 6.07 Å². The van der Waals surface area contributed by atoms with Crippen molar-refractivity contribution in [2.45, 2.75) is 57.1 Å². The molecule has 1 saturated heterocycles. The lowest BCUT2D eigenvalue weighted by Crippen LogP contribution is -2.40. The lowest BCUT2D eigenvalue weighted by molar-refractivity contribution is -0.132. The lowest BCUT2D eigenvalue weighted by atomic mass is 10.00. The summed E-state index contributed by atoms with van der Waals surface area (Å²) >= 11 is 0. The third-order valence-electron chi connectivity index (χ3n) is 6.93. The molecule has 0 aliphatic carbocycles. The van der Waals surface area contributed by atoms with Gasteiger partial charge in [0, 0.05) is 32.2 Å². The van der Waals surface area contributed by atoms with E-state index in [0.717, 1.165) is 24.8 Å². The van der Waals surface area contributed by atoms with Crippen molar-refractivity contribution in [1.29, 1.82) is 0 Å². The van der Waals surface area contributed by atoms with Crippen molar-refractivity contribution in [2.24, 2.45) is 0 Å². The number of hydrogen-bond acceptors (Lipinski definition) is 4. The molecule has 1 amide bonds. The Morgan fingerprint density at radius 2 is 1.68 bits per heavy atom. The molecular weight excluding hydrogens is 452 g/mol. The molecule has 0 unspecified atom stereocenters. The van der Waals surface area contributed by atoms with E-state index in [-0.39, 0.29) is 29.1 Å². The van der Waals surface area contributed by atoms with Gasteiger partial charge in [-0.3, -0.25) is 13.9 Å². The van der Waals surface area contributed by atoms with E-state index in [0.29, 0.717) is 37.2 Å². The summed E-state index contributed by atoms with van der Waals surface area (Å²) in [5.74, 6) is -0.146. The summed E-state index contributed by atoms with van der Waals surface area (Å²) < 4.78 is 30.9. The van der Waals surface area contributed by atoms with Crippen molar-refractivity contribution < 1.29 is 13.2 Å². The number of fused-ring (bicyclic) bond motifs is 2. The third-order valence-corrected chi connectivity index (χ3v) is 8.82. The van der Waals surface area contributed by atoms with Gasteiger partial charge in [-0.05, 0) is 62.4 Å². The fourth-order valence-electron chi connectivity index (χ4n) is 5.09. The molecule has 0 atom stereocenters. The van der Waals surface area contributed by atoms with Crippen LogP contribution in [0.15, 0.2) is 52.2 Å². The standard InChI is InChI=1S/C25H30N4O4S/c1-18(2)29-22-10-9-21(34(32,33)27-12-5-6-13-27)15-23(22)28(25(29)31)17-24(30)26-14-11-19-7-3-4-8-20(19)16-26/h3-4,7-10,15,18H,5-6,11-14,16-17H2,1-2H3. The molecule has 0 saturated carbocycles. The second-order valence-corrected chi connectivity index (χ2v) is 11.4. The first kappa shape index (κ1) is 22.9. The SMILES string of the molecule is CC(C)n1c(=O)n(CC(=O)N2CCc3ccccc3C2)c2cc(S(=O)(=O)N3CCCC3)ccc21. The van der Waals surface area contributed by atoms with Crippen LogP contribution in [0.1, 0.15) is 43.9 Å².